The molecule has 34 heavy (non-hydrogen) atoms. The predicted molar refractivity (Wildman–Crippen MR) is 128 cm³/mol. The van der Waals surface area contributed by atoms with Gasteiger partial charge in [-0.15, -0.1) is 0 Å². The lowest BCUT2D eigenvalue weighted by atomic mass is 9.78. The number of hydrogen-bond acceptors (Lipinski definition) is 5. The molecule has 7 heteroatoms. The standard InChI is InChI=1S/C27H30N2O5/c1-2-3-16-34-27(33)22-14-8-9-15-23(22)28-24(30)19-11-5-4-10-18(19)17-29-25(31)20-12-6-7-13-21(20)26(29)32/h6-9,12-15,18-19H,2-5,10-11,16-17H2,1H3,(H,28,30). The third kappa shape index (κ3) is 4.88. The van der Waals surface area contributed by atoms with Gasteiger partial charge in [-0.05, 0) is 49.4 Å². The summed E-state index contributed by atoms with van der Waals surface area (Å²) in [6.45, 7) is 2.57. The molecule has 4 rings (SSSR count). The molecule has 2 aromatic carbocycles. The van der Waals surface area contributed by atoms with E-state index in [1.54, 1.807) is 48.5 Å². The Labute approximate surface area is 199 Å². The summed E-state index contributed by atoms with van der Waals surface area (Å²) in [5, 5.41) is 2.92. The van der Waals surface area contributed by atoms with Gasteiger partial charge in [-0.1, -0.05) is 50.5 Å². The van der Waals surface area contributed by atoms with Gasteiger partial charge in [0.1, 0.15) is 0 Å². The third-order valence-electron chi connectivity index (χ3n) is 6.68. The average Bonchev–Trinajstić information content (AvgIpc) is 3.10. The molecule has 178 valence electrons. The van der Waals surface area contributed by atoms with Crippen molar-refractivity contribution in [1.29, 1.82) is 0 Å². The molecule has 0 saturated heterocycles. The predicted octanol–water partition coefficient (Wildman–Crippen LogP) is 4.68. The second kappa shape index (κ2) is 10.6. The molecule has 2 atom stereocenters. The van der Waals surface area contributed by atoms with Crippen molar-refractivity contribution in [3.05, 3.63) is 65.2 Å². The number of hydrogen-bond donors (Lipinski definition) is 1. The van der Waals surface area contributed by atoms with Crippen LogP contribution < -0.4 is 5.32 Å². The summed E-state index contributed by atoms with van der Waals surface area (Å²) < 4.78 is 5.33. The van der Waals surface area contributed by atoms with E-state index in [0.29, 0.717) is 35.4 Å². The van der Waals surface area contributed by atoms with E-state index in [1.165, 1.54) is 4.90 Å². The van der Waals surface area contributed by atoms with Crippen LogP contribution in [0.15, 0.2) is 48.5 Å². The van der Waals surface area contributed by atoms with Gasteiger partial charge in [0.2, 0.25) is 5.91 Å². The van der Waals surface area contributed by atoms with E-state index in [1.807, 2.05) is 6.92 Å². The Hall–Kier alpha value is -3.48. The summed E-state index contributed by atoms with van der Waals surface area (Å²) in [4.78, 5) is 52.8. The molecule has 1 fully saturated rings. The number of para-hydroxylation sites is 1. The summed E-state index contributed by atoms with van der Waals surface area (Å²) in [5.41, 5.74) is 1.57. The largest absolute Gasteiger partial charge is 0.462 e. The zero-order chi connectivity index (χ0) is 24.1. The smallest absolute Gasteiger partial charge is 0.340 e. The van der Waals surface area contributed by atoms with Crippen LogP contribution >= 0.6 is 0 Å². The van der Waals surface area contributed by atoms with E-state index < -0.39 is 5.97 Å². The molecule has 1 aliphatic heterocycles. The number of rotatable bonds is 8. The van der Waals surface area contributed by atoms with Crippen molar-refractivity contribution in [3.8, 4) is 0 Å². The Morgan fingerprint density at radius 1 is 0.971 bits per heavy atom. The van der Waals surface area contributed by atoms with Gasteiger partial charge in [0, 0.05) is 12.5 Å². The number of carbonyl (C=O) groups excluding carboxylic acids is 4. The van der Waals surface area contributed by atoms with E-state index in [0.717, 1.165) is 32.1 Å². The fraction of sp³-hybridized carbons (Fsp3) is 0.407. The molecule has 0 radical (unpaired) electrons. The maximum Gasteiger partial charge on any atom is 0.340 e. The minimum Gasteiger partial charge on any atom is -0.462 e. The van der Waals surface area contributed by atoms with Crippen molar-refractivity contribution in [1.82, 2.24) is 4.90 Å². The highest BCUT2D eigenvalue weighted by atomic mass is 16.5. The molecule has 1 heterocycles. The summed E-state index contributed by atoms with van der Waals surface area (Å²) >= 11 is 0. The van der Waals surface area contributed by atoms with Gasteiger partial charge in [0.05, 0.1) is 29.0 Å². The Kier molecular flexibility index (Phi) is 7.40. The normalized spacial score (nSPS) is 19.6. The quantitative estimate of drug-likeness (QED) is 0.349. The van der Waals surface area contributed by atoms with Crippen molar-refractivity contribution in [2.75, 3.05) is 18.5 Å². The Morgan fingerprint density at radius 3 is 2.32 bits per heavy atom. The lowest BCUT2D eigenvalue weighted by Crippen LogP contribution is -2.41. The Morgan fingerprint density at radius 2 is 1.62 bits per heavy atom. The van der Waals surface area contributed by atoms with Gasteiger partial charge in [-0.25, -0.2) is 4.79 Å². The second-order valence-corrected chi connectivity index (χ2v) is 8.94. The van der Waals surface area contributed by atoms with Crippen LogP contribution in [-0.2, 0) is 9.53 Å². The van der Waals surface area contributed by atoms with E-state index in [4.69, 9.17) is 4.74 Å². The molecule has 3 amide bonds. The molecular weight excluding hydrogens is 432 g/mol. The SMILES string of the molecule is CCCCOC(=O)c1ccccc1NC(=O)C1CCCCC1CN1C(=O)c2ccccc2C1=O. The molecule has 1 N–H and O–H groups in total. The zero-order valence-electron chi connectivity index (χ0n) is 19.4. The van der Waals surface area contributed by atoms with Crippen LogP contribution in [0, 0.1) is 11.8 Å². The third-order valence-corrected chi connectivity index (χ3v) is 6.68. The number of carbonyl (C=O) groups is 4. The Bertz CT molecular complexity index is 1060. The maximum atomic E-state index is 13.3. The monoisotopic (exact) mass is 462 g/mol. The number of imide groups is 1. The first-order valence-electron chi connectivity index (χ1n) is 12.0. The minimum absolute atomic E-state index is 0.139. The summed E-state index contributed by atoms with van der Waals surface area (Å²) in [6.07, 6.45) is 4.97. The molecule has 2 unspecified atom stereocenters. The fourth-order valence-corrected chi connectivity index (χ4v) is 4.79. The van der Waals surface area contributed by atoms with Crippen LogP contribution in [0.1, 0.15) is 76.5 Å². The number of nitrogens with one attached hydrogen (secondary N) is 1. The lowest BCUT2D eigenvalue weighted by molar-refractivity contribution is -0.122. The van der Waals surface area contributed by atoms with Crippen molar-refractivity contribution in [2.24, 2.45) is 11.8 Å². The van der Waals surface area contributed by atoms with Crippen molar-refractivity contribution in [2.45, 2.75) is 45.4 Å². The average molecular weight is 463 g/mol. The lowest BCUT2D eigenvalue weighted by Gasteiger charge is -2.33. The number of unbranched alkanes of at least 4 members (excludes halogenated alkanes) is 1. The fourth-order valence-electron chi connectivity index (χ4n) is 4.79. The molecule has 0 bridgehead atoms. The molecule has 2 aliphatic rings. The van der Waals surface area contributed by atoms with Crippen LogP contribution in [0.2, 0.25) is 0 Å². The maximum absolute atomic E-state index is 13.3. The first-order chi connectivity index (χ1) is 16.5. The number of esters is 1. The molecular formula is C27H30N2O5. The second-order valence-electron chi connectivity index (χ2n) is 8.94. The molecule has 0 spiro atoms. The van der Waals surface area contributed by atoms with Gasteiger partial charge in [-0.2, -0.15) is 0 Å². The minimum atomic E-state index is -0.462. The van der Waals surface area contributed by atoms with Gasteiger partial charge in [0.25, 0.3) is 11.8 Å². The van der Waals surface area contributed by atoms with E-state index in [2.05, 4.69) is 5.32 Å². The summed E-state index contributed by atoms with van der Waals surface area (Å²) in [7, 11) is 0. The van der Waals surface area contributed by atoms with Crippen LogP contribution in [0.25, 0.3) is 0 Å². The highest BCUT2D eigenvalue weighted by Crippen LogP contribution is 2.34. The molecule has 1 saturated carbocycles. The first kappa shape index (κ1) is 23.7. The van der Waals surface area contributed by atoms with Crippen molar-refractivity contribution in [3.63, 3.8) is 0 Å². The first-order valence-corrected chi connectivity index (χ1v) is 12.0. The van der Waals surface area contributed by atoms with Crippen molar-refractivity contribution < 1.29 is 23.9 Å². The molecule has 0 aromatic heterocycles. The van der Waals surface area contributed by atoms with Gasteiger partial charge >= 0.3 is 5.97 Å². The number of nitrogens with zero attached hydrogens (tertiary/aromatic N) is 1. The van der Waals surface area contributed by atoms with E-state index in [9.17, 15) is 19.2 Å². The number of ether oxygens (including phenoxy) is 1. The number of fused-ring (bicyclic) bond motifs is 1. The number of amides is 3. The van der Waals surface area contributed by atoms with Crippen LogP contribution in [0.4, 0.5) is 5.69 Å². The number of anilines is 1. The molecule has 7 nitrogen and oxygen atoms in total. The van der Waals surface area contributed by atoms with Crippen LogP contribution in [-0.4, -0.2) is 41.7 Å². The molecule has 1 aliphatic carbocycles. The number of benzene rings is 2. The van der Waals surface area contributed by atoms with Gasteiger partial charge < -0.3 is 10.1 Å². The topological polar surface area (TPSA) is 92.8 Å². The van der Waals surface area contributed by atoms with Crippen LogP contribution in [0.3, 0.4) is 0 Å². The zero-order valence-corrected chi connectivity index (χ0v) is 19.4. The highest BCUT2D eigenvalue weighted by molar-refractivity contribution is 6.21. The summed E-state index contributed by atoms with van der Waals surface area (Å²) in [5.74, 6) is -1.76. The van der Waals surface area contributed by atoms with Gasteiger partial charge in [0.15, 0.2) is 0 Å². The van der Waals surface area contributed by atoms with E-state index in [-0.39, 0.29) is 36.1 Å². The Balaban J connectivity index is 1.47. The van der Waals surface area contributed by atoms with Gasteiger partial charge in [-0.3, -0.25) is 19.3 Å². The highest BCUT2D eigenvalue weighted by Gasteiger charge is 2.40. The summed E-state index contributed by atoms with van der Waals surface area (Å²) in [6, 6.07) is 13.6. The molecule has 2 aromatic rings. The van der Waals surface area contributed by atoms with Crippen molar-refractivity contribution >= 4 is 29.4 Å². The van der Waals surface area contributed by atoms with E-state index >= 15 is 0 Å². The van der Waals surface area contributed by atoms with Crippen LogP contribution in [0.5, 0.6) is 0 Å².